The SMILES string of the molecule is Cc1nn(C2CCOCC2)cc1-c1nc(-c2ccnc(Oc3cccnc3)c2)nn1C1CCCOC1. The molecular weight excluding hydrogens is 458 g/mol. The summed E-state index contributed by atoms with van der Waals surface area (Å²) in [5.74, 6) is 2.51. The molecule has 6 heterocycles. The van der Waals surface area contributed by atoms with Crippen LogP contribution in [0.5, 0.6) is 11.6 Å². The maximum atomic E-state index is 5.89. The zero-order valence-electron chi connectivity index (χ0n) is 20.3. The molecule has 10 heteroatoms. The molecule has 2 saturated heterocycles. The molecule has 6 rings (SSSR count). The van der Waals surface area contributed by atoms with Crippen LogP contribution in [0.25, 0.3) is 22.8 Å². The van der Waals surface area contributed by atoms with Gasteiger partial charge in [-0.2, -0.15) is 10.2 Å². The van der Waals surface area contributed by atoms with Crippen molar-refractivity contribution in [1.29, 1.82) is 0 Å². The Morgan fingerprint density at radius 2 is 1.92 bits per heavy atom. The van der Waals surface area contributed by atoms with Crippen molar-refractivity contribution in [3.05, 3.63) is 54.7 Å². The van der Waals surface area contributed by atoms with Gasteiger partial charge in [0, 0.05) is 50.0 Å². The van der Waals surface area contributed by atoms with Crippen molar-refractivity contribution in [2.24, 2.45) is 0 Å². The summed E-state index contributed by atoms with van der Waals surface area (Å²) in [6.07, 6.45) is 11.1. The van der Waals surface area contributed by atoms with Crippen molar-refractivity contribution in [1.82, 2.24) is 34.5 Å². The summed E-state index contributed by atoms with van der Waals surface area (Å²) in [4.78, 5) is 13.5. The Bertz CT molecular complexity index is 1310. The minimum atomic E-state index is 0.119. The van der Waals surface area contributed by atoms with Crippen molar-refractivity contribution >= 4 is 0 Å². The monoisotopic (exact) mass is 487 g/mol. The number of hydrogen-bond acceptors (Lipinski definition) is 8. The maximum Gasteiger partial charge on any atom is 0.219 e. The summed E-state index contributed by atoms with van der Waals surface area (Å²) in [7, 11) is 0. The van der Waals surface area contributed by atoms with Gasteiger partial charge in [-0.05, 0) is 50.8 Å². The van der Waals surface area contributed by atoms with Gasteiger partial charge in [0.25, 0.3) is 0 Å². The fourth-order valence-corrected chi connectivity index (χ4v) is 4.77. The van der Waals surface area contributed by atoms with E-state index in [2.05, 4.69) is 20.8 Å². The summed E-state index contributed by atoms with van der Waals surface area (Å²) >= 11 is 0. The molecule has 10 nitrogen and oxygen atoms in total. The highest BCUT2D eigenvalue weighted by atomic mass is 16.5. The molecule has 4 aromatic heterocycles. The number of aryl methyl sites for hydroxylation is 1. The lowest BCUT2D eigenvalue weighted by Crippen LogP contribution is -2.23. The Hall–Kier alpha value is -3.63. The van der Waals surface area contributed by atoms with Crippen LogP contribution in [-0.2, 0) is 9.47 Å². The zero-order chi connectivity index (χ0) is 24.3. The van der Waals surface area contributed by atoms with Crippen LogP contribution in [0.3, 0.4) is 0 Å². The van der Waals surface area contributed by atoms with Crippen LogP contribution in [0.1, 0.15) is 43.5 Å². The minimum Gasteiger partial charge on any atom is -0.437 e. The smallest absolute Gasteiger partial charge is 0.219 e. The second kappa shape index (κ2) is 10.2. The predicted octanol–water partition coefficient (Wildman–Crippen LogP) is 4.40. The van der Waals surface area contributed by atoms with Gasteiger partial charge in [-0.3, -0.25) is 9.67 Å². The van der Waals surface area contributed by atoms with E-state index in [0.717, 1.165) is 68.1 Å². The lowest BCUT2D eigenvalue weighted by atomic mass is 10.1. The lowest BCUT2D eigenvalue weighted by Gasteiger charge is -2.23. The van der Waals surface area contributed by atoms with Crippen LogP contribution >= 0.6 is 0 Å². The molecule has 1 atom stereocenters. The van der Waals surface area contributed by atoms with E-state index in [-0.39, 0.29) is 6.04 Å². The van der Waals surface area contributed by atoms with Crippen LogP contribution < -0.4 is 4.74 Å². The molecule has 2 fully saturated rings. The van der Waals surface area contributed by atoms with Gasteiger partial charge in [-0.25, -0.2) is 14.6 Å². The standard InChI is InChI=1S/C26H29N7O3/c1-18-23(16-32(30-18)20-7-12-34-13-8-20)26-29-25(31-33(26)21-4-3-11-35-17-21)19-6-10-28-24(14-19)36-22-5-2-9-27-15-22/h2,5-6,9-10,14-16,20-21H,3-4,7-8,11-13,17H2,1H3. The van der Waals surface area contributed by atoms with E-state index in [1.54, 1.807) is 18.6 Å². The molecule has 0 N–H and O–H groups in total. The first kappa shape index (κ1) is 22.8. The zero-order valence-corrected chi connectivity index (χ0v) is 20.3. The molecule has 0 amide bonds. The summed E-state index contributed by atoms with van der Waals surface area (Å²) in [5.41, 5.74) is 2.76. The van der Waals surface area contributed by atoms with Gasteiger partial charge in [0.15, 0.2) is 11.6 Å². The summed E-state index contributed by atoms with van der Waals surface area (Å²) in [6, 6.07) is 7.88. The molecular formula is C26H29N7O3. The second-order valence-electron chi connectivity index (χ2n) is 9.20. The highest BCUT2D eigenvalue weighted by Gasteiger charge is 2.26. The predicted molar refractivity (Wildman–Crippen MR) is 132 cm³/mol. The minimum absolute atomic E-state index is 0.119. The Morgan fingerprint density at radius 3 is 2.72 bits per heavy atom. The highest BCUT2D eigenvalue weighted by molar-refractivity contribution is 5.63. The quantitative estimate of drug-likeness (QED) is 0.394. The van der Waals surface area contributed by atoms with Gasteiger partial charge < -0.3 is 14.2 Å². The van der Waals surface area contributed by atoms with Gasteiger partial charge in [0.05, 0.1) is 36.1 Å². The van der Waals surface area contributed by atoms with Crippen LogP contribution in [0, 0.1) is 6.92 Å². The fourth-order valence-electron chi connectivity index (χ4n) is 4.77. The molecule has 36 heavy (non-hydrogen) atoms. The summed E-state index contributed by atoms with van der Waals surface area (Å²) in [6.45, 7) is 4.98. The number of rotatable bonds is 6. The average Bonchev–Trinajstić information content (AvgIpc) is 3.54. The summed E-state index contributed by atoms with van der Waals surface area (Å²) in [5, 5.41) is 9.82. The molecule has 0 spiro atoms. The van der Waals surface area contributed by atoms with E-state index >= 15 is 0 Å². The van der Waals surface area contributed by atoms with Crippen molar-refractivity contribution in [2.75, 3.05) is 26.4 Å². The van der Waals surface area contributed by atoms with E-state index in [1.807, 2.05) is 35.9 Å². The second-order valence-corrected chi connectivity index (χ2v) is 9.20. The molecule has 2 aliphatic heterocycles. The van der Waals surface area contributed by atoms with Gasteiger partial charge in [0.1, 0.15) is 5.75 Å². The molecule has 0 saturated carbocycles. The number of nitrogens with zero attached hydrogens (tertiary/aromatic N) is 7. The lowest BCUT2D eigenvalue weighted by molar-refractivity contribution is 0.0555. The Morgan fingerprint density at radius 1 is 1.00 bits per heavy atom. The number of ether oxygens (including phenoxy) is 3. The third kappa shape index (κ3) is 4.74. The van der Waals surface area contributed by atoms with Crippen molar-refractivity contribution < 1.29 is 14.2 Å². The van der Waals surface area contributed by atoms with Crippen LogP contribution in [0.4, 0.5) is 0 Å². The van der Waals surface area contributed by atoms with E-state index in [4.69, 9.17) is 29.4 Å². The molecule has 1 unspecified atom stereocenters. The maximum absolute atomic E-state index is 5.89. The molecule has 186 valence electrons. The first-order valence-corrected chi connectivity index (χ1v) is 12.5. The number of pyridine rings is 2. The summed E-state index contributed by atoms with van der Waals surface area (Å²) < 4.78 is 21.3. The average molecular weight is 488 g/mol. The van der Waals surface area contributed by atoms with E-state index in [9.17, 15) is 0 Å². The third-order valence-corrected chi connectivity index (χ3v) is 6.69. The normalized spacial score (nSPS) is 18.9. The van der Waals surface area contributed by atoms with Gasteiger partial charge in [0.2, 0.25) is 5.88 Å². The molecule has 0 radical (unpaired) electrons. The van der Waals surface area contributed by atoms with Crippen LogP contribution in [0.15, 0.2) is 49.1 Å². The first-order chi connectivity index (χ1) is 17.7. The van der Waals surface area contributed by atoms with E-state index in [0.29, 0.717) is 30.1 Å². The van der Waals surface area contributed by atoms with Crippen LogP contribution in [0.2, 0.25) is 0 Å². The Labute approximate surface area is 209 Å². The van der Waals surface area contributed by atoms with Gasteiger partial charge >= 0.3 is 0 Å². The van der Waals surface area contributed by atoms with Gasteiger partial charge in [-0.1, -0.05) is 0 Å². The molecule has 0 bridgehead atoms. The number of hydrogen-bond donors (Lipinski definition) is 0. The molecule has 4 aromatic rings. The van der Waals surface area contributed by atoms with Crippen LogP contribution in [-0.4, -0.2) is 60.9 Å². The molecule has 0 aromatic carbocycles. The van der Waals surface area contributed by atoms with Gasteiger partial charge in [-0.15, -0.1) is 0 Å². The third-order valence-electron chi connectivity index (χ3n) is 6.69. The van der Waals surface area contributed by atoms with E-state index < -0.39 is 0 Å². The Kier molecular flexibility index (Phi) is 6.44. The highest BCUT2D eigenvalue weighted by Crippen LogP contribution is 2.32. The van der Waals surface area contributed by atoms with E-state index in [1.165, 1.54) is 0 Å². The van der Waals surface area contributed by atoms with Crippen molar-refractivity contribution in [3.8, 4) is 34.4 Å². The largest absolute Gasteiger partial charge is 0.437 e. The first-order valence-electron chi connectivity index (χ1n) is 12.5. The van der Waals surface area contributed by atoms with Crippen molar-refractivity contribution in [3.63, 3.8) is 0 Å². The Balaban J connectivity index is 1.37. The van der Waals surface area contributed by atoms with Crippen molar-refractivity contribution in [2.45, 2.75) is 44.7 Å². The molecule has 2 aliphatic rings. The number of aromatic nitrogens is 7. The fraction of sp³-hybridized carbons (Fsp3) is 0.423. The molecule has 0 aliphatic carbocycles. The topological polar surface area (TPSA) is 102 Å².